The van der Waals surface area contributed by atoms with E-state index in [-0.39, 0.29) is 0 Å². The molecule has 0 spiro atoms. The fourth-order valence-corrected chi connectivity index (χ4v) is 2.59. The van der Waals surface area contributed by atoms with Gasteiger partial charge in [0.15, 0.2) is 0 Å². The molecule has 2 nitrogen and oxygen atoms in total. The zero-order valence-corrected chi connectivity index (χ0v) is 14.9. The lowest BCUT2D eigenvalue weighted by Crippen LogP contribution is -1.84. The number of hydrogen-bond donors (Lipinski definition) is 0. The Morgan fingerprint density at radius 1 is 0.708 bits per heavy atom. The van der Waals surface area contributed by atoms with E-state index in [1.165, 1.54) is 36.8 Å². The second-order valence-electron chi connectivity index (χ2n) is 6.10. The first kappa shape index (κ1) is 18.1. The normalized spacial score (nSPS) is 11.6. The molecule has 0 radical (unpaired) electrons. The highest BCUT2D eigenvalue weighted by atomic mass is 14.8. The van der Waals surface area contributed by atoms with Crippen LogP contribution in [0.2, 0.25) is 0 Å². The largest absolute Gasteiger partial charge is 0.255 e. The average Bonchev–Trinajstić information content (AvgIpc) is 2.62. The van der Waals surface area contributed by atoms with Crippen molar-refractivity contribution in [1.82, 2.24) is 0 Å². The molecule has 0 aliphatic carbocycles. The fourth-order valence-electron chi connectivity index (χ4n) is 2.59. The van der Waals surface area contributed by atoms with Crippen molar-refractivity contribution in [3.63, 3.8) is 0 Å². The van der Waals surface area contributed by atoms with Gasteiger partial charge in [-0.2, -0.15) is 0 Å². The molecule has 0 aromatic heterocycles. The standard InChI is InChI=1S/C22H28N2/c1-3-5-9-19-11-7-13-21(17-19)23-15-16-24-22-14-8-12-20(18-22)10-6-4-2/h7-8,11-18H,3-6,9-10H2,1-2H3. The van der Waals surface area contributed by atoms with Crippen molar-refractivity contribution >= 4 is 23.8 Å². The summed E-state index contributed by atoms with van der Waals surface area (Å²) in [6.45, 7) is 4.44. The molecule has 0 N–H and O–H groups in total. The van der Waals surface area contributed by atoms with Gasteiger partial charge in [-0.15, -0.1) is 0 Å². The Balaban J connectivity index is 1.94. The predicted octanol–water partition coefficient (Wildman–Crippen LogP) is 6.48. The molecule has 2 aromatic rings. The van der Waals surface area contributed by atoms with E-state index in [0.717, 1.165) is 24.2 Å². The maximum absolute atomic E-state index is 4.49. The minimum absolute atomic E-state index is 0.992. The number of rotatable bonds is 9. The molecule has 0 atom stereocenters. The van der Waals surface area contributed by atoms with E-state index < -0.39 is 0 Å². The lowest BCUT2D eigenvalue weighted by Gasteiger charge is -2.01. The molecule has 0 amide bonds. The molecule has 24 heavy (non-hydrogen) atoms. The molecule has 2 rings (SSSR count). The maximum Gasteiger partial charge on any atom is 0.0633 e. The van der Waals surface area contributed by atoms with Gasteiger partial charge in [-0.1, -0.05) is 51.0 Å². The summed E-state index contributed by atoms with van der Waals surface area (Å²) in [7, 11) is 0. The first-order valence-corrected chi connectivity index (χ1v) is 9.06. The molecule has 0 aliphatic rings. The third-order valence-electron chi connectivity index (χ3n) is 3.97. The van der Waals surface area contributed by atoms with Crippen molar-refractivity contribution in [2.45, 2.75) is 52.4 Å². The molecule has 2 heteroatoms. The Morgan fingerprint density at radius 2 is 1.17 bits per heavy atom. The van der Waals surface area contributed by atoms with E-state index in [0.29, 0.717) is 0 Å². The summed E-state index contributed by atoms with van der Waals surface area (Å²) in [5.41, 5.74) is 4.69. The molecule has 0 heterocycles. The minimum atomic E-state index is 0.992. The summed E-state index contributed by atoms with van der Waals surface area (Å²) in [5.74, 6) is 0. The van der Waals surface area contributed by atoms with E-state index in [1.54, 1.807) is 12.4 Å². The highest BCUT2D eigenvalue weighted by Gasteiger charge is 1.95. The molecule has 0 bridgehead atoms. The molecule has 126 valence electrons. The van der Waals surface area contributed by atoms with Crippen molar-refractivity contribution in [2.24, 2.45) is 9.98 Å². The molecular weight excluding hydrogens is 292 g/mol. The zero-order valence-electron chi connectivity index (χ0n) is 14.9. The fraction of sp³-hybridized carbons (Fsp3) is 0.364. The van der Waals surface area contributed by atoms with E-state index in [9.17, 15) is 0 Å². The van der Waals surface area contributed by atoms with Crippen molar-refractivity contribution in [3.05, 3.63) is 59.7 Å². The summed E-state index contributed by atoms with van der Waals surface area (Å²) < 4.78 is 0. The van der Waals surface area contributed by atoms with Crippen molar-refractivity contribution in [3.8, 4) is 0 Å². The summed E-state index contributed by atoms with van der Waals surface area (Å²) in [5, 5.41) is 0. The molecule has 0 saturated carbocycles. The average molecular weight is 320 g/mol. The van der Waals surface area contributed by atoms with Crippen LogP contribution in [-0.2, 0) is 12.8 Å². The quantitative estimate of drug-likeness (QED) is 0.473. The van der Waals surface area contributed by atoms with Crippen LogP contribution < -0.4 is 0 Å². The number of aryl methyl sites for hydroxylation is 2. The van der Waals surface area contributed by atoms with Crippen LogP contribution in [-0.4, -0.2) is 12.4 Å². The van der Waals surface area contributed by atoms with Crippen LogP contribution >= 0.6 is 0 Å². The highest BCUT2D eigenvalue weighted by Crippen LogP contribution is 2.16. The number of aliphatic imine (C=N–C) groups is 2. The Morgan fingerprint density at radius 3 is 1.58 bits per heavy atom. The predicted molar refractivity (Wildman–Crippen MR) is 106 cm³/mol. The van der Waals surface area contributed by atoms with Gasteiger partial charge in [0, 0.05) is 12.4 Å². The van der Waals surface area contributed by atoms with Crippen LogP contribution in [0.15, 0.2) is 58.5 Å². The van der Waals surface area contributed by atoms with Crippen LogP contribution in [0.25, 0.3) is 0 Å². The van der Waals surface area contributed by atoms with Crippen LogP contribution in [0.4, 0.5) is 11.4 Å². The first-order valence-electron chi connectivity index (χ1n) is 9.06. The Labute approximate surface area is 146 Å². The Bertz CT molecular complexity index is 612. The number of unbranched alkanes of at least 4 members (excludes halogenated alkanes) is 2. The van der Waals surface area contributed by atoms with Crippen molar-refractivity contribution in [1.29, 1.82) is 0 Å². The van der Waals surface area contributed by atoms with Gasteiger partial charge in [0.1, 0.15) is 0 Å². The van der Waals surface area contributed by atoms with E-state index in [1.807, 2.05) is 12.1 Å². The van der Waals surface area contributed by atoms with Gasteiger partial charge in [0.25, 0.3) is 0 Å². The van der Waals surface area contributed by atoms with Gasteiger partial charge in [-0.3, -0.25) is 9.98 Å². The number of hydrogen-bond acceptors (Lipinski definition) is 2. The minimum Gasteiger partial charge on any atom is -0.255 e. The van der Waals surface area contributed by atoms with Crippen LogP contribution in [0.1, 0.15) is 50.7 Å². The van der Waals surface area contributed by atoms with Crippen LogP contribution in [0.5, 0.6) is 0 Å². The SMILES string of the molecule is CCCCc1cccc(N=CC=Nc2cccc(CCCC)c2)c1. The van der Waals surface area contributed by atoms with Gasteiger partial charge in [-0.05, 0) is 61.1 Å². The second kappa shape index (κ2) is 10.5. The summed E-state index contributed by atoms with van der Waals surface area (Å²) in [6.07, 6.45) is 10.7. The van der Waals surface area contributed by atoms with Gasteiger partial charge in [0.2, 0.25) is 0 Å². The number of nitrogens with zero attached hydrogens (tertiary/aromatic N) is 2. The van der Waals surface area contributed by atoms with Gasteiger partial charge < -0.3 is 0 Å². The van der Waals surface area contributed by atoms with E-state index >= 15 is 0 Å². The van der Waals surface area contributed by atoms with Crippen LogP contribution in [0.3, 0.4) is 0 Å². The molecular formula is C22H28N2. The van der Waals surface area contributed by atoms with Crippen LogP contribution in [0, 0.1) is 0 Å². The Kier molecular flexibility index (Phi) is 7.96. The molecule has 0 fully saturated rings. The smallest absolute Gasteiger partial charge is 0.0633 e. The van der Waals surface area contributed by atoms with Gasteiger partial charge in [0.05, 0.1) is 11.4 Å². The van der Waals surface area contributed by atoms with E-state index in [2.05, 4.69) is 60.2 Å². The molecule has 2 aromatic carbocycles. The molecule has 0 saturated heterocycles. The molecule has 0 aliphatic heterocycles. The lowest BCUT2D eigenvalue weighted by molar-refractivity contribution is 0.795. The van der Waals surface area contributed by atoms with Gasteiger partial charge >= 0.3 is 0 Å². The monoisotopic (exact) mass is 320 g/mol. The highest BCUT2D eigenvalue weighted by molar-refractivity contribution is 6.17. The Hall–Kier alpha value is -2.22. The lowest BCUT2D eigenvalue weighted by atomic mass is 10.1. The van der Waals surface area contributed by atoms with Crippen molar-refractivity contribution in [2.75, 3.05) is 0 Å². The zero-order chi connectivity index (χ0) is 17.0. The summed E-state index contributed by atoms with van der Waals surface area (Å²) in [4.78, 5) is 8.98. The summed E-state index contributed by atoms with van der Waals surface area (Å²) in [6, 6.07) is 16.9. The number of benzene rings is 2. The summed E-state index contributed by atoms with van der Waals surface area (Å²) >= 11 is 0. The third-order valence-corrected chi connectivity index (χ3v) is 3.97. The van der Waals surface area contributed by atoms with Crippen molar-refractivity contribution < 1.29 is 0 Å². The van der Waals surface area contributed by atoms with Gasteiger partial charge in [-0.25, -0.2) is 0 Å². The maximum atomic E-state index is 4.49. The third kappa shape index (κ3) is 6.49. The first-order chi connectivity index (χ1) is 11.8. The van der Waals surface area contributed by atoms with E-state index in [4.69, 9.17) is 0 Å². The molecule has 0 unspecified atom stereocenters. The topological polar surface area (TPSA) is 24.7 Å². The second-order valence-corrected chi connectivity index (χ2v) is 6.10.